The van der Waals surface area contributed by atoms with Gasteiger partial charge in [0.2, 0.25) is 0 Å². The van der Waals surface area contributed by atoms with Crippen LogP contribution < -0.4 is 5.73 Å². The molecule has 0 spiro atoms. The van der Waals surface area contributed by atoms with Gasteiger partial charge in [-0.05, 0) is 13.0 Å². The van der Waals surface area contributed by atoms with Crippen molar-refractivity contribution in [3.05, 3.63) is 34.1 Å². The molecule has 0 aliphatic heterocycles. The van der Waals surface area contributed by atoms with Crippen LogP contribution in [0.4, 0.5) is 5.69 Å². The summed E-state index contributed by atoms with van der Waals surface area (Å²) in [5.41, 5.74) is 6.33. The van der Waals surface area contributed by atoms with Crippen LogP contribution in [0.2, 0.25) is 0 Å². The monoisotopic (exact) mass is 181 g/mol. The van der Waals surface area contributed by atoms with E-state index in [2.05, 4.69) is 4.98 Å². The summed E-state index contributed by atoms with van der Waals surface area (Å²) in [5.74, 6) is 0. The van der Waals surface area contributed by atoms with Crippen LogP contribution >= 0.6 is 0 Å². The lowest BCUT2D eigenvalue weighted by molar-refractivity contribution is -0.385. The third-order valence-corrected chi connectivity index (χ3v) is 1.55. The van der Waals surface area contributed by atoms with Crippen molar-refractivity contribution in [3.8, 4) is 0 Å². The largest absolute Gasteiger partial charge is 0.328 e. The molecule has 5 nitrogen and oxygen atoms in total. The quantitative estimate of drug-likeness (QED) is 0.554. The Kier molecular flexibility index (Phi) is 2.92. The van der Waals surface area contributed by atoms with Gasteiger partial charge in [-0.15, -0.1) is 0 Å². The van der Waals surface area contributed by atoms with Gasteiger partial charge in [-0.2, -0.15) is 0 Å². The molecule has 0 bridgehead atoms. The van der Waals surface area contributed by atoms with Gasteiger partial charge in [-0.25, -0.2) is 0 Å². The fourth-order valence-electron chi connectivity index (χ4n) is 0.975. The lowest BCUT2D eigenvalue weighted by atomic mass is 10.2. The zero-order chi connectivity index (χ0) is 9.84. The summed E-state index contributed by atoms with van der Waals surface area (Å²) in [6, 6.07) is 3.08. The number of hydrogen-bond donors (Lipinski definition) is 1. The first-order chi connectivity index (χ1) is 6.09. The van der Waals surface area contributed by atoms with E-state index in [4.69, 9.17) is 5.73 Å². The Bertz CT molecular complexity index is 295. The Morgan fingerprint density at radius 2 is 2.38 bits per heavy atom. The van der Waals surface area contributed by atoms with Crippen LogP contribution in [0.5, 0.6) is 0 Å². The first-order valence-corrected chi connectivity index (χ1v) is 3.94. The van der Waals surface area contributed by atoms with Gasteiger partial charge in [0.05, 0.1) is 4.92 Å². The van der Waals surface area contributed by atoms with E-state index in [0.717, 1.165) is 5.69 Å². The fourth-order valence-corrected chi connectivity index (χ4v) is 0.975. The summed E-state index contributed by atoms with van der Waals surface area (Å²) >= 11 is 0. The molecule has 0 amide bonds. The van der Waals surface area contributed by atoms with Crippen molar-refractivity contribution < 1.29 is 4.92 Å². The van der Waals surface area contributed by atoms with Gasteiger partial charge in [-0.3, -0.25) is 15.1 Å². The summed E-state index contributed by atoms with van der Waals surface area (Å²) < 4.78 is 0. The zero-order valence-electron chi connectivity index (χ0n) is 7.30. The van der Waals surface area contributed by atoms with Crippen LogP contribution in [0.1, 0.15) is 12.6 Å². The van der Waals surface area contributed by atoms with Crippen molar-refractivity contribution in [2.24, 2.45) is 5.73 Å². The van der Waals surface area contributed by atoms with Crippen molar-refractivity contribution in [2.45, 2.75) is 19.4 Å². The average molecular weight is 181 g/mol. The first-order valence-electron chi connectivity index (χ1n) is 3.94. The average Bonchev–Trinajstić information content (AvgIpc) is 2.04. The predicted octanol–water partition coefficient (Wildman–Crippen LogP) is 0.880. The molecule has 0 aromatic carbocycles. The number of pyridine rings is 1. The fraction of sp³-hybridized carbons (Fsp3) is 0.375. The van der Waals surface area contributed by atoms with Gasteiger partial charge in [0.15, 0.2) is 0 Å². The molecule has 0 radical (unpaired) electrons. The van der Waals surface area contributed by atoms with E-state index in [1.807, 2.05) is 6.92 Å². The number of nitro groups is 1. The molecular formula is C8H11N3O2. The van der Waals surface area contributed by atoms with Gasteiger partial charge >= 0.3 is 0 Å². The SMILES string of the molecule is CC(N)Cc1ccc([N+](=O)[O-])cn1. The summed E-state index contributed by atoms with van der Waals surface area (Å²) in [5, 5.41) is 10.3. The smallest absolute Gasteiger partial charge is 0.287 e. The Hall–Kier alpha value is -1.49. The minimum Gasteiger partial charge on any atom is -0.328 e. The third-order valence-electron chi connectivity index (χ3n) is 1.55. The van der Waals surface area contributed by atoms with Crippen molar-refractivity contribution in [3.63, 3.8) is 0 Å². The summed E-state index contributed by atoms with van der Waals surface area (Å²) in [7, 11) is 0. The van der Waals surface area contributed by atoms with E-state index in [9.17, 15) is 10.1 Å². The summed E-state index contributed by atoms with van der Waals surface area (Å²) in [6.45, 7) is 1.86. The molecule has 0 aliphatic carbocycles. The summed E-state index contributed by atoms with van der Waals surface area (Å²) in [6.07, 6.45) is 1.88. The molecule has 1 rings (SSSR count). The zero-order valence-corrected chi connectivity index (χ0v) is 7.30. The van der Waals surface area contributed by atoms with Gasteiger partial charge in [-0.1, -0.05) is 0 Å². The Balaban J connectivity index is 2.75. The molecule has 1 aromatic heterocycles. The summed E-state index contributed by atoms with van der Waals surface area (Å²) in [4.78, 5) is 13.7. The van der Waals surface area contributed by atoms with Gasteiger partial charge < -0.3 is 5.73 Å². The maximum absolute atomic E-state index is 10.3. The lowest BCUT2D eigenvalue weighted by Gasteiger charge is -2.02. The second-order valence-corrected chi connectivity index (χ2v) is 2.95. The van der Waals surface area contributed by atoms with Crippen molar-refractivity contribution >= 4 is 5.69 Å². The molecule has 0 saturated carbocycles. The minimum atomic E-state index is -0.470. The lowest BCUT2D eigenvalue weighted by Crippen LogP contribution is -2.18. The van der Waals surface area contributed by atoms with Crippen LogP contribution in [0.25, 0.3) is 0 Å². The molecule has 0 aliphatic rings. The molecule has 5 heteroatoms. The highest BCUT2D eigenvalue weighted by Gasteiger charge is 2.05. The van der Waals surface area contributed by atoms with Crippen molar-refractivity contribution in [2.75, 3.05) is 0 Å². The highest BCUT2D eigenvalue weighted by Crippen LogP contribution is 2.09. The topological polar surface area (TPSA) is 82.0 Å². The van der Waals surface area contributed by atoms with Gasteiger partial charge in [0, 0.05) is 24.2 Å². The first kappa shape index (κ1) is 9.60. The van der Waals surface area contributed by atoms with Crippen LogP contribution in [0.3, 0.4) is 0 Å². The van der Waals surface area contributed by atoms with Crippen molar-refractivity contribution in [1.29, 1.82) is 0 Å². The van der Waals surface area contributed by atoms with E-state index in [0.29, 0.717) is 6.42 Å². The van der Waals surface area contributed by atoms with E-state index in [1.54, 1.807) is 6.07 Å². The highest BCUT2D eigenvalue weighted by molar-refractivity contribution is 5.26. The van der Waals surface area contributed by atoms with E-state index < -0.39 is 4.92 Å². The van der Waals surface area contributed by atoms with Crippen LogP contribution in [-0.2, 0) is 6.42 Å². The molecule has 1 unspecified atom stereocenters. The van der Waals surface area contributed by atoms with E-state index in [-0.39, 0.29) is 11.7 Å². The Labute approximate surface area is 75.7 Å². The van der Waals surface area contributed by atoms with E-state index >= 15 is 0 Å². The highest BCUT2D eigenvalue weighted by atomic mass is 16.6. The maximum Gasteiger partial charge on any atom is 0.287 e. The molecule has 1 aromatic rings. The predicted molar refractivity (Wildman–Crippen MR) is 48.2 cm³/mol. The number of nitrogens with two attached hydrogens (primary N) is 1. The van der Waals surface area contributed by atoms with Crippen LogP contribution in [0.15, 0.2) is 18.3 Å². The molecule has 70 valence electrons. The van der Waals surface area contributed by atoms with Crippen LogP contribution in [-0.4, -0.2) is 15.9 Å². The molecule has 1 atom stereocenters. The molecule has 13 heavy (non-hydrogen) atoms. The molecule has 2 N–H and O–H groups in total. The number of hydrogen-bond acceptors (Lipinski definition) is 4. The maximum atomic E-state index is 10.3. The second-order valence-electron chi connectivity index (χ2n) is 2.95. The standard InChI is InChI=1S/C8H11N3O2/c1-6(9)4-7-2-3-8(5-10-7)11(12)13/h2-3,5-6H,4,9H2,1H3. The molecular weight excluding hydrogens is 170 g/mol. The van der Waals surface area contributed by atoms with Gasteiger partial charge in [0.25, 0.3) is 5.69 Å². The molecule has 0 fully saturated rings. The minimum absolute atomic E-state index is 0.00780. The second kappa shape index (κ2) is 3.95. The normalized spacial score (nSPS) is 12.5. The number of aromatic nitrogens is 1. The number of rotatable bonds is 3. The van der Waals surface area contributed by atoms with Crippen molar-refractivity contribution in [1.82, 2.24) is 4.98 Å². The Morgan fingerprint density at radius 3 is 2.77 bits per heavy atom. The molecule has 1 heterocycles. The molecule has 0 saturated heterocycles. The van der Waals surface area contributed by atoms with E-state index in [1.165, 1.54) is 12.3 Å². The van der Waals surface area contributed by atoms with Gasteiger partial charge in [0.1, 0.15) is 6.20 Å². The number of nitrogens with zero attached hydrogens (tertiary/aromatic N) is 2. The van der Waals surface area contributed by atoms with Crippen LogP contribution in [0, 0.1) is 10.1 Å². The third kappa shape index (κ3) is 2.79. The Morgan fingerprint density at radius 1 is 1.69 bits per heavy atom.